The smallest absolute Gasteiger partial charge is 0.249 e. The van der Waals surface area contributed by atoms with Crippen LogP contribution in [0.25, 0.3) is 11.0 Å². The van der Waals surface area contributed by atoms with E-state index in [4.69, 9.17) is 10.2 Å². The van der Waals surface area contributed by atoms with Crippen LogP contribution >= 0.6 is 0 Å². The van der Waals surface area contributed by atoms with E-state index >= 15 is 0 Å². The van der Waals surface area contributed by atoms with Gasteiger partial charge in [-0.05, 0) is 24.6 Å². The predicted molar refractivity (Wildman–Crippen MR) is 70.4 cm³/mol. The van der Waals surface area contributed by atoms with Crippen LogP contribution in [0.2, 0.25) is 0 Å². The van der Waals surface area contributed by atoms with Crippen LogP contribution in [0.15, 0.2) is 28.9 Å². The molecule has 0 radical (unpaired) electrons. The molecular formula is C13H13N3O3. The summed E-state index contributed by atoms with van der Waals surface area (Å²) in [5.74, 6) is -0.543. The number of fused-ring (bicyclic) bond motifs is 1. The first-order chi connectivity index (χ1) is 9.13. The summed E-state index contributed by atoms with van der Waals surface area (Å²) in [5.41, 5.74) is 7.77. The second-order valence-corrected chi connectivity index (χ2v) is 4.55. The summed E-state index contributed by atoms with van der Waals surface area (Å²) >= 11 is 0. The van der Waals surface area contributed by atoms with Gasteiger partial charge < -0.3 is 15.5 Å². The first kappa shape index (κ1) is 11.6. The van der Waals surface area contributed by atoms with Crippen molar-refractivity contribution >= 4 is 34.2 Å². The van der Waals surface area contributed by atoms with Crippen molar-refractivity contribution < 1.29 is 14.0 Å². The van der Waals surface area contributed by atoms with Gasteiger partial charge in [-0.1, -0.05) is 0 Å². The Labute approximate surface area is 108 Å². The number of hydrogen-bond acceptors (Lipinski definition) is 5. The van der Waals surface area contributed by atoms with Crippen LogP contribution < -0.4 is 16.4 Å². The van der Waals surface area contributed by atoms with Crippen molar-refractivity contribution in [1.29, 1.82) is 0 Å². The number of carbonyl (C=O) groups excluding carboxylic acids is 2. The maximum Gasteiger partial charge on any atom is 0.249 e. The van der Waals surface area contributed by atoms with Crippen molar-refractivity contribution in [2.75, 3.05) is 11.1 Å². The zero-order chi connectivity index (χ0) is 13.4. The highest BCUT2D eigenvalue weighted by atomic mass is 16.3. The lowest BCUT2D eigenvalue weighted by Crippen LogP contribution is -2.47. The topological polar surface area (TPSA) is 97.4 Å². The van der Waals surface area contributed by atoms with E-state index < -0.39 is 6.04 Å². The monoisotopic (exact) mass is 259 g/mol. The second kappa shape index (κ2) is 4.31. The largest absolute Gasteiger partial charge is 0.462 e. The summed E-state index contributed by atoms with van der Waals surface area (Å²) in [6.45, 7) is 0. The molecule has 2 aromatic rings. The third-order valence-electron chi connectivity index (χ3n) is 3.17. The molecule has 1 aromatic carbocycles. The SMILES string of the molecule is Nc1ccc2occ(NC3CCC(=O)NC3=O)c2c1. The molecule has 0 bridgehead atoms. The third kappa shape index (κ3) is 2.12. The minimum atomic E-state index is -0.431. The molecule has 3 rings (SSSR count). The molecule has 6 heteroatoms. The minimum Gasteiger partial charge on any atom is -0.462 e. The van der Waals surface area contributed by atoms with Crippen molar-refractivity contribution in [2.45, 2.75) is 18.9 Å². The standard InChI is InChI=1S/C13H13N3O3/c14-7-1-3-11-8(5-7)10(6-19-11)15-9-2-4-12(17)16-13(9)18/h1,3,5-6,9,15H,2,4,14H2,(H,16,17,18). The number of nitrogens with two attached hydrogens (primary N) is 1. The Morgan fingerprint density at radius 3 is 3.00 bits per heavy atom. The number of carbonyl (C=O) groups is 2. The van der Waals surface area contributed by atoms with Crippen LogP contribution in [0.1, 0.15) is 12.8 Å². The maximum atomic E-state index is 11.7. The molecule has 1 fully saturated rings. The Morgan fingerprint density at radius 2 is 2.21 bits per heavy atom. The molecule has 1 aliphatic rings. The number of benzene rings is 1. The highest BCUT2D eigenvalue weighted by Gasteiger charge is 2.27. The second-order valence-electron chi connectivity index (χ2n) is 4.55. The number of hydrogen-bond donors (Lipinski definition) is 3. The molecule has 1 aliphatic heterocycles. The summed E-state index contributed by atoms with van der Waals surface area (Å²) in [6, 6.07) is 4.88. The van der Waals surface area contributed by atoms with Crippen LogP contribution in [0.4, 0.5) is 11.4 Å². The molecule has 6 nitrogen and oxygen atoms in total. The average molecular weight is 259 g/mol. The zero-order valence-electron chi connectivity index (χ0n) is 10.1. The molecule has 2 amide bonds. The van der Waals surface area contributed by atoms with Gasteiger partial charge in [-0.3, -0.25) is 14.9 Å². The van der Waals surface area contributed by atoms with Gasteiger partial charge in [0, 0.05) is 17.5 Å². The fourth-order valence-corrected chi connectivity index (χ4v) is 2.18. The number of nitrogen functional groups attached to an aromatic ring is 1. The number of rotatable bonds is 2. The normalized spacial score (nSPS) is 19.5. The molecule has 1 aromatic heterocycles. The Bertz CT molecular complexity index is 662. The Morgan fingerprint density at radius 1 is 1.37 bits per heavy atom. The van der Waals surface area contributed by atoms with E-state index in [9.17, 15) is 9.59 Å². The molecule has 98 valence electrons. The number of imide groups is 1. The fourth-order valence-electron chi connectivity index (χ4n) is 2.18. The van der Waals surface area contributed by atoms with Crippen LogP contribution in [-0.4, -0.2) is 17.9 Å². The van der Waals surface area contributed by atoms with Gasteiger partial charge in [-0.15, -0.1) is 0 Å². The molecule has 4 N–H and O–H groups in total. The molecule has 1 atom stereocenters. The number of piperidine rings is 1. The van der Waals surface area contributed by atoms with Crippen molar-refractivity contribution in [3.63, 3.8) is 0 Å². The molecule has 1 saturated heterocycles. The first-order valence-corrected chi connectivity index (χ1v) is 6.00. The molecule has 1 unspecified atom stereocenters. The minimum absolute atomic E-state index is 0.232. The molecule has 2 heterocycles. The molecule has 0 saturated carbocycles. The lowest BCUT2D eigenvalue weighted by Gasteiger charge is -2.22. The predicted octanol–water partition coefficient (Wildman–Crippen LogP) is 1.23. The fraction of sp³-hybridized carbons (Fsp3) is 0.231. The molecular weight excluding hydrogens is 246 g/mol. The van der Waals surface area contributed by atoms with Gasteiger partial charge in [0.05, 0.1) is 5.69 Å². The molecule has 19 heavy (non-hydrogen) atoms. The highest BCUT2D eigenvalue weighted by Crippen LogP contribution is 2.28. The van der Waals surface area contributed by atoms with Gasteiger partial charge in [0.25, 0.3) is 0 Å². The van der Waals surface area contributed by atoms with Gasteiger partial charge in [0.2, 0.25) is 11.8 Å². The quantitative estimate of drug-likeness (QED) is 0.556. The maximum absolute atomic E-state index is 11.7. The van der Waals surface area contributed by atoms with E-state index in [1.165, 1.54) is 0 Å². The van der Waals surface area contributed by atoms with Crippen molar-refractivity contribution in [1.82, 2.24) is 5.32 Å². The van der Waals surface area contributed by atoms with E-state index in [0.717, 1.165) is 5.39 Å². The van der Waals surface area contributed by atoms with E-state index in [1.807, 2.05) is 0 Å². The van der Waals surface area contributed by atoms with Crippen molar-refractivity contribution in [2.24, 2.45) is 0 Å². The summed E-state index contributed by atoms with van der Waals surface area (Å²) in [5, 5.41) is 6.22. The Balaban J connectivity index is 1.87. The van der Waals surface area contributed by atoms with Crippen LogP contribution in [-0.2, 0) is 9.59 Å². The summed E-state index contributed by atoms with van der Waals surface area (Å²) < 4.78 is 5.39. The third-order valence-corrected chi connectivity index (χ3v) is 3.17. The van der Waals surface area contributed by atoms with Gasteiger partial charge in [0.15, 0.2) is 0 Å². The van der Waals surface area contributed by atoms with Crippen molar-refractivity contribution in [3.8, 4) is 0 Å². The van der Waals surface area contributed by atoms with Gasteiger partial charge >= 0.3 is 0 Å². The Hall–Kier alpha value is -2.50. The first-order valence-electron chi connectivity index (χ1n) is 6.00. The van der Waals surface area contributed by atoms with Gasteiger partial charge in [-0.2, -0.15) is 0 Å². The van der Waals surface area contributed by atoms with E-state index in [0.29, 0.717) is 29.8 Å². The molecule has 0 spiro atoms. The van der Waals surface area contributed by atoms with E-state index in [2.05, 4.69) is 10.6 Å². The van der Waals surface area contributed by atoms with Gasteiger partial charge in [0.1, 0.15) is 17.9 Å². The average Bonchev–Trinajstić information content (AvgIpc) is 2.75. The van der Waals surface area contributed by atoms with Crippen LogP contribution in [0.5, 0.6) is 0 Å². The number of furan rings is 1. The Kier molecular flexibility index (Phi) is 2.63. The van der Waals surface area contributed by atoms with Crippen LogP contribution in [0.3, 0.4) is 0 Å². The van der Waals surface area contributed by atoms with E-state index in [1.54, 1.807) is 24.5 Å². The number of anilines is 2. The number of nitrogens with one attached hydrogen (secondary N) is 2. The summed E-state index contributed by atoms with van der Waals surface area (Å²) in [6.07, 6.45) is 2.36. The zero-order valence-corrected chi connectivity index (χ0v) is 10.1. The highest BCUT2D eigenvalue weighted by molar-refractivity contribution is 6.02. The van der Waals surface area contributed by atoms with Gasteiger partial charge in [-0.25, -0.2) is 0 Å². The summed E-state index contributed by atoms with van der Waals surface area (Å²) in [7, 11) is 0. The lowest BCUT2D eigenvalue weighted by molar-refractivity contribution is -0.133. The molecule has 0 aliphatic carbocycles. The van der Waals surface area contributed by atoms with E-state index in [-0.39, 0.29) is 11.8 Å². The summed E-state index contributed by atoms with van der Waals surface area (Å²) in [4.78, 5) is 22.8. The van der Waals surface area contributed by atoms with Crippen molar-refractivity contribution in [3.05, 3.63) is 24.5 Å². The van der Waals surface area contributed by atoms with Crippen LogP contribution in [0, 0.1) is 0 Å². The number of amides is 2. The lowest BCUT2D eigenvalue weighted by atomic mass is 10.1.